The zero-order chi connectivity index (χ0) is 12.6. The second-order valence-corrected chi connectivity index (χ2v) is 3.91. The van der Waals surface area contributed by atoms with Gasteiger partial charge in [-0.1, -0.05) is 6.08 Å². The molecule has 1 aromatic heterocycles. The average Bonchev–Trinajstić information content (AvgIpc) is 2.68. The minimum atomic E-state index is -1.03. The quantitative estimate of drug-likeness (QED) is 0.781. The second-order valence-electron chi connectivity index (χ2n) is 3.91. The van der Waals surface area contributed by atoms with Crippen LogP contribution in [0.1, 0.15) is 11.1 Å². The third-order valence-corrected chi connectivity index (χ3v) is 2.80. The summed E-state index contributed by atoms with van der Waals surface area (Å²) in [6, 6.07) is 3.29. The van der Waals surface area contributed by atoms with Gasteiger partial charge in [-0.05, 0) is 31.0 Å². The van der Waals surface area contributed by atoms with Crippen LogP contribution in [0.4, 0.5) is 4.79 Å². The molecule has 0 fully saturated rings. The number of phenols is 1. The van der Waals surface area contributed by atoms with E-state index in [2.05, 4.69) is 6.58 Å². The Morgan fingerprint density at radius 3 is 2.88 bits per heavy atom. The summed E-state index contributed by atoms with van der Waals surface area (Å²) in [5, 5.41) is 19.7. The van der Waals surface area contributed by atoms with Gasteiger partial charge in [0, 0.05) is 17.1 Å². The van der Waals surface area contributed by atoms with E-state index in [9.17, 15) is 9.90 Å². The van der Waals surface area contributed by atoms with Crippen molar-refractivity contribution in [2.24, 2.45) is 0 Å². The van der Waals surface area contributed by atoms with E-state index in [1.165, 1.54) is 6.20 Å². The van der Waals surface area contributed by atoms with Gasteiger partial charge in [0.15, 0.2) is 0 Å². The fourth-order valence-electron chi connectivity index (χ4n) is 2.10. The number of phenolic OH excluding ortho intramolecular Hbond substituents is 1. The van der Waals surface area contributed by atoms with Crippen molar-refractivity contribution >= 4 is 17.0 Å². The van der Waals surface area contributed by atoms with Crippen molar-refractivity contribution in [1.29, 1.82) is 0 Å². The molecular formula is C13H13NO3. The highest BCUT2D eigenvalue weighted by Gasteiger charge is 2.14. The fourth-order valence-corrected chi connectivity index (χ4v) is 2.10. The highest BCUT2D eigenvalue weighted by Crippen LogP contribution is 2.31. The van der Waals surface area contributed by atoms with E-state index in [4.69, 9.17) is 5.11 Å². The molecule has 0 saturated heterocycles. The number of aromatic hydroxyl groups is 1. The van der Waals surface area contributed by atoms with Crippen molar-refractivity contribution in [2.75, 3.05) is 0 Å². The van der Waals surface area contributed by atoms with E-state index in [1.54, 1.807) is 25.1 Å². The normalized spacial score (nSPS) is 10.6. The van der Waals surface area contributed by atoms with Crippen LogP contribution in [0.2, 0.25) is 0 Å². The molecule has 0 atom stereocenters. The zero-order valence-electron chi connectivity index (χ0n) is 9.47. The van der Waals surface area contributed by atoms with E-state index < -0.39 is 6.09 Å². The number of carboxylic acid groups (broad SMARTS) is 1. The Morgan fingerprint density at radius 2 is 2.29 bits per heavy atom. The number of carbonyl (C=O) groups is 1. The number of fused-ring (bicyclic) bond motifs is 1. The van der Waals surface area contributed by atoms with Gasteiger partial charge in [-0.15, -0.1) is 6.58 Å². The molecule has 0 spiro atoms. The number of hydrogen-bond donors (Lipinski definition) is 2. The molecule has 2 aromatic rings. The van der Waals surface area contributed by atoms with Crippen LogP contribution in [0.3, 0.4) is 0 Å². The van der Waals surface area contributed by atoms with Gasteiger partial charge >= 0.3 is 6.09 Å². The molecule has 17 heavy (non-hydrogen) atoms. The maximum absolute atomic E-state index is 11.1. The number of aromatic nitrogens is 1. The highest BCUT2D eigenvalue weighted by molar-refractivity contribution is 5.94. The first-order valence-electron chi connectivity index (χ1n) is 5.23. The van der Waals surface area contributed by atoms with Gasteiger partial charge < -0.3 is 10.2 Å². The van der Waals surface area contributed by atoms with Crippen molar-refractivity contribution in [3.8, 4) is 5.75 Å². The van der Waals surface area contributed by atoms with Crippen molar-refractivity contribution < 1.29 is 15.0 Å². The lowest BCUT2D eigenvalue weighted by Gasteiger charge is -2.08. The maximum Gasteiger partial charge on any atom is 0.416 e. The van der Waals surface area contributed by atoms with Gasteiger partial charge in [0.1, 0.15) is 5.75 Å². The summed E-state index contributed by atoms with van der Waals surface area (Å²) in [6.07, 6.45) is 2.65. The lowest BCUT2D eigenvalue weighted by molar-refractivity contribution is 0.197. The highest BCUT2D eigenvalue weighted by atomic mass is 16.4. The van der Waals surface area contributed by atoms with Crippen molar-refractivity contribution in [1.82, 2.24) is 4.57 Å². The smallest absolute Gasteiger partial charge is 0.416 e. The van der Waals surface area contributed by atoms with E-state index in [1.807, 2.05) is 0 Å². The Bertz CT molecular complexity index is 611. The number of rotatable bonds is 2. The first-order chi connectivity index (χ1) is 8.06. The summed E-state index contributed by atoms with van der Waals surface area (Å²) in [4.78, 5) is 11.1. The predicted octanol–water partition coefficient (Wildman–Crippen LogP) is 2.91. The zero-order valence-corrected chi connectivity index (χ0v) is 9.47. The van der Waals surface area contributed by atoms with Gasteiger partial charge in [-0.2, -0.15) is 0 Å². The summed E-state index contributed by atoms with van der Waals surface area (Å²) in [5.41, 5.74) is 2.06. The van der Waals surface area contributed by atoms with Crippen molar-refractivity contribution in [3.63, 3.8) is 0 Å². The maximum atomic E-state index is 11.1. The van der Waals surface area contributed by atoms with Crippen molar-refractivity contribution in [3.05, 3.63) is 42.1 Å². The number of allylic oxidation sites excluding steroid dienone is 1. The molecule has 4 nitrogen and oxygen atoms in total. The summed E-state index contributed by atoms with van der Waals surface area (Å²) in [6.45, 7) is 5.41. The van der Waals surface area contributed by atoms with Crippen LogP contribution in [-0.2, 0) is 6.42 Å². The molecule has 0 aliphatic carbocycles. The number of benzene rings is 1. The lowest BCUT2D eigenvalue weighted by atomic mass is 10.0. The molecule has 0 bridgehead atoms. The fraction of sp³-hybridized carbons (Fsp3) is 0.154. The summed E-state index contributed by atoms with van der Waals surface area (Å²) < 4.78 is 1.16. The molecule has 88 valence electrons. The largest absolute Gasteiger partial charge is 0.508 e. The molecule has 0 unspecified atom stereocenters. The van der Waals surface area contributed by atoms with Crippen LogP contribution in [0.5, 0.6) is 5.75 Å². The Labute approximate surface area is 98.4 Å². The van der Waals surface area contributed by atoms with Gasteiger partial charge in [0.25, 0.3) is 0 Å². The van der Waals surface area contributed by atoms with E-state index in [-0.39, 0.29) is 5.75 Å². The SMILES string of the molecule is C=CCc1c(O)cc(C)c2c1ccn2C(=O)O. The molecule has 1 heterocycles. The molecule has 0 amide bonds. The number of aryl methyl sites for hydroxylation is 1. The Kier molecular flexibility index (Phi) is 2.63. The van der Waals surface area contributed by atoms with E-state index in [0.717, 1.165) is 15.5 Å². The Hall–Kier alpha value is -2.23. The topological polar surface area (TPSA) is 62.5 Å². The number of hydrogen-bond acceptors (Lipinski definition) is 2. The third kappa shape index (κ3) is 1.67. The van der Waals surface area contributed by atoms with Gasteiger partial charge in [-0.3, -0.25) is 4.57 Å². The van der Waals surface area contributed by atoms with Gasteiger partial charge in [0.05, 0.1) is 5.52 Å². The van der Waals surface area contributed by atoms with Gasteiger partial charge in [0.2, 0.25) is 0 Å². The molecule has 0 radical (unpaired) electrons. The molecule has 0 aliphatic heterocycles. The van der Waals surface area contributed by atoms with Crippen LogP contribution in [0.15, 0.2) is 31.0 Å². The molecule has 0 saturated carbocycles. The monoisotopic (exact) mass is 231 g/mol. The van der Waals surface area contributed by atoms with Crippen LogP contribution >= 0.6 is 0 Å². The predicted molar refractivity (Wildman–Crippen MR) is 65.7 cm³/mol. The van der Waals surface area contributed by atoms with Crippen LogP contribution in [0.25, 0.3) is 10.9 Å². The second kappa shape index (κ2) is 3.97. The minimum absolute atomic E-state index is 0.179. The number of nitrogens with zero attached hydrogens (tertiary/aromatic N) is 1. The van der Waals surface area contributed by atoms with Crippen LogP contribution in [0, 0.1) is 6.92 Å². The molecule has 0 aliphatic rings. The lowest BCUT2D eigenvalue weighted by Crippen LogP contribution is -2.06. The average molecular weight is 231 g/mol. The van der Waals surface area contributed by atoms with Crippen LogP contribution in [-0.4, -0.2) is 20.9 Å². The molecular weight excluding hydrogens is 218 g/mol. The third-order valence-electron chi connectivity index (χ3n) is 2.80. The Morgan fingerprint density at radius 1 is 1.59 bits per heavy atom. The molecule has 2 N–H and O–H groups in total. The molecule has 4 heteroatoms. The van der Waals surface area contributed by atoms with Crippen molar-refractivity contribution in [2.45, 2.75) is 13.3 Å². The molecule has 1 aromatic carbocycles. The van der Waals surface area contributed by atoms with E-state index in [0.29, 0.717) is 17.5 Å². The Balaban J connectivity index is 2.85. The summed E-state index contributed by atoms with van der Waals surface area (Å²) >= 11 is 0. The first kappa shape index (κ1) is 11.3. The summed E-state index contributed by atoms with van der Waals surface area (Å²) in [5.74, 6) is 0.179. The summed E-state index contributed by atoms with van der Waals surface area (Å²) in [7, 11) is 0. The molecule has 2 rings (SSSR count). The standard InChI is InChI=1S/C13H13NO3/c1-3-4-9-10-5-6-14(13(16)17)12(10)8(2)7-11(9)15/h3,5-7,15H,1,4H2,2H3,(H,16,17). The van der Waals surface area contributed by atoms with Gasteiger partial charge in [-0.25, -0.2) is 4.79 Å². The minimum Gasteiger partial charge on any atom is -0.508 e. The van der Waals surface area contributed by atoms with E-state index >= 15 is 0 Å². The van der Waals surface area contributed by atoms with Crippen LogP contribution < -0.4 is 0 Å². The first-order valence-corrected chi connectivity index (χ1v) is 5.23.